The largest absolute Gasteiger partial charge is 0.385 e. The molecule has 0 amide bonds. The van der Waals surface area contributed by atoms with E-state index in [0.29, 0.717) is 5.84 Å². The van der Waals surface area contributed by atoms with Gasteiger partial charge in [-0.2, -0.15) is 0 Å². The maximum absolute atomic E-state index is 5.85. The normalized spacial score (nSPS) is 25.7. The summed E-state index contributed by atoms with van der Waals surface area (Å²) in [5.41, 5.74) is 7.00. The molecular formula is C12H12ClN5. The van der Waals surface area contributed by atoms with Crippen LogP contribution in [0, 0.1) is 0 Å². The van der Waals surface area contributed by atoms with Crippen LogP contribution in [0.2, 0.25) is 0 Å². The van der Waals surface area contributed by atoms with Crippen molar-refractivity contribution in [3.63, 3.8) is 0 Å². The molecule has 2 aliphatic rings. The summed E-state index contributed by atoms with van der Waals surface area (Å²) in [6.07, 6.45) is 1.60. The van der Waals surface area contributed by atoms with Crippen molar-refractivity contribution >= 4 is 29.1 Å². The van der Waals surface area contributed by atoms with Gasteiger partial charge in [0, 0.05) is 6.54 Å². The maximum Gasteiger partial charge on any atom is 0.221 e. The van der Waals surface area contributed by atoms with Gasteiger partial charge in [0.05, 0.1) is 6.34 Å². The second kappa shape index (κ2) is 4.42. The molecule has 2 heterocycles. The zero-order chi connectivity index (χ0) is 12.5. The van der Waals surface area contributed by atoms with Gasteiger partial charge in [-0.05, 0) is 17.2 Å². The third-order valence-corrected chi connectivity index (χ3v) is 3.15. The molecular weight excluding hydrogens is 250 g/mol. The van der Waals surface area contributed by atoms with Crippen molar-refractivity contribution in [3.8, 4) is 0 Å². The zero-order valence-corrected chi connectivity index (χ0v) is 10.3. The molecule has 0 spiro atoms. The predicted molar refractivity (Wildman–Crippen MR) is 73.0 cm³/mol. The minimum atomic E-state index is -0.212. The summed E-state index contributed by atoms with van der Waals surface area (Å²) in [5.74, 6) is 0.423. The van der Waals surface area contributed by atoms with Crippen molar-refractivity contribution in [2.24, 2.45) is 20.7 Å². The molecule has 0 saturated heterocycles. The molecule has 0 fully saturated rings. The first kappa shape index (κ1) is 11.2. The van der Waals surface area contributed by atoms with E-state index < -0.39 is 0 Å². The van der Waals surface area contributed by atoms with Crippen molar-refractivity contribution < 1.29 is 0 Å². The van der Waals surface area contributed by atoms with Gasteiger partial charge in [-0.1, -0.05) is 30.3 Å². The van der Waals surface area contributed by atoms with Gasteiger partial charge < -0.3 is 10.6 Å². The third-order valence-electron chi connectivity index (χ3n) is 2.97. The molecule has 6 heteroatoms. The Bertz CT molecular complexity index is 537. The van der Waals surface area contributed by atoms with Crippen molar-refractivity contribution in [3.05, 3.63) is 35.9 Å². The molecule has 0 unspecified atom stereocenters. The molecule has 2 N–H and O–H groups in total. The van der Waals surface area contributed by atoms with Crippen LogP contribution in [0.5, 0.6) is 0 Å². The molecule has 0 aliphatic carbocycles. The van der Waals surface area contributed by atoms with Crippen LogP contribution in [0.15, 0.2) is 45.3 Å². The molecule has 2 atom stereocenters. The topological polar surface area (TPSA) is 66.3 Å². The van der Waals surface area contributed by atoms with Crippen LogP contribution in [-0.2, 0) is 6.54 Å². The second-order valence-electron chi connectivity index (χ2n) is 4.22. The Morgan fingerprint density at radius 1 is 1.28 bits per heavy atom. The number of aliphatic imine (C=N–C) groups is 3. The van der Waals surface area contributed by atoms with Gasteiger partial charge >= 0.3 is 0 Å². The van der Waals surface area contributed by atoms with Gasteiger partial charge in [0.1, 0.15) is 11.9 Å². The number of hydrogen-bond acceptors (Lipinski definition) is 5. The Hall–Kier alpha value is -1.88. The Labute approximate surface area is 110 Å². The smallest absolute Gasteiger partial charge is 0.221 e. The molecule has 2 aliphatic heterocycles. The fraction of sp³-hybridized carbons (Fsp3) is 0.250. The predicted octanol–water partition coefficient (Wildman–Crippen LogP) is 1.19. The van der Waals surface area contributed by atoms with Gasteiger partial charge in [-0.15, -0.1) is 0 Å². The highest BCUT2D eigenvalue weighted by atomic mass is 35.5. The second-order valence-corrected chi connectivity index (χ2v) is 4.55. The van der Waals surface area contributed by atoms with Gasteiger partial charge in [0.2, 0.25) is 5.29 Å². The van der Waals surface area contributed by atoms with E-state index in [4.69, 9.17) is 17.3 Å². The lowest BCUT2D eigenvalue weighted by molar-refractivity contribution is 0.335. The van der Waals surface area contributed by atoms with Crippen molar-refractivity contribution in [2.45, 2.75) is 18.8 Å². The van der Waals surface area contributed by atoms with E-state index in [9.17, 15) is 0 Å². The first-order chi connectivity index (χ1) is 8.74. The van der Waals surface area contributed by atoms with Crippen LogP contribution < -0.4 is 5.73 Å². The molecule has 3 rings (SSSR count). The SMILES string of the molecule is NC1=NC(Cl)=N[C@H]2[C@@H]1N=CN2Cc1ccccc1. The fourth-order valence-electron chi connectivity index (χ4n) is 2.10. The summed E-state index contributed by atoms with van der Waals surface area (Å²) >= 11 is 5.85. The molecule has 0 aromatic heterocycles. The van der Waals surface area contributed by atoms with E-state index in [-0.39, 0.29) is 17.5 Å². The first-order valence-electron chi connectivity index (χ1n) is 5.64. The van der Waals surface area contributed by atoms with E-state index in [2.05, 4.69) is 27.1 Å². The first-order valence-corrected chi connectivity index (χ1v) is 6.02. The Morgan fingerprint density at radius 3 is 2.83 bits per heavy atom. The number of fused-ring (bicyclic) bond motifs is 1. The summed E-state index contributed by atoms with van der Waals surface area (Å²) in [6, 6.07) is 9.92. The highest BCUT2D eigenvalue weighted by Gasteiger charge is 2.35. The van der Waals surface area contributed by atoms with Gasteiger partial charge in [-0.25, -0.2) is 9.98 Å². The molecule has 0 saturated carbocycles. The van der Waals surface area contributed by atoms with Crippen molar-refractivity contribution in [2.75, 3.05) is 0 Å². The van der Waals surface area contributed by atoms with E-state index >= 15 is 0 Å². The summed E-state index contributed by atoms with van der Waals surface area (Å²) in [5, 5.41) is 0.192. The van der Waals surface area contributed by atoms with Crippen LogP contribution in [0.1, 0.15) is 5.56 Å². The van der Waals surface area contributed by atoms with Crippen LogP contribution >= 0.6 is 11.6 Å². The quantitative estimate of drug-likeness (QED) is 0.813. The number of rotatable bonds is 2. The van der Waals surface area contributed by atoms with Crippen LogP contribution in [0.25, 0.3) is 0 Å². The molecule has 5 nitrogen and oxygen atoms in total. The van der Waals surface area contributed by atoms with Crippen LogP contribution in [0.4, 0.5) is 0 Å². The highest BCUT2D eigenvalue weighted by molar-refractivity contribution is 6.65. The lowest BCUT2D eigenvalue weighted by atomic mass is 10.1. The average molecular weight is 262 g/mol. The summed E-state index contributed by atoms with van der Waals surface area (Å²) < 4.78 is 0. The molecule has 1 aromatic rings. The number of benzene rings is 1. The van der Waals surface area contributed by atoms with Gasteiger partial charge in [0.25, 0.3) is 0 Å². The average Bonchev–Trinajstić information content (AvgIpc) is 2.74. The minimum Gasteiger partial charge on any atom is -0.385 e. The number of amidine groups is 2. The highest BCUT2D eigenvalue weighted by Crippen LogP contribution is 2.22. The van der Waals surface area contributed by atoms with Crippen molar-refractivity contribution in [1.82, 2.24) is 4.90 Å². The number of nitrogens with two attached hydrogens (primary N) is 1. The summed E-state index contributed by atoms with van der Waals surface area (Å²) in [6.45, 7) is 0.729. The molecule has 92 valence electrons. The maximum atomic E-state index is 5.85. The Balaban J connectivity index is 1.81. The van der Waals surface area contributed by atoms with E-state index in [1.165, 1.54) is 5.56 Å². The molecule has 0 bridgehead atoms. The van der Waals surface area contributed by atoms with Crippen molar-refractivity contribution in [1.29, 1.82) is 0 Å². The van der Waals surface area contributed by atoms with E-state index in [0.717, 1.165) is 6.54 Å². The van der Waals surface area contributed by atoms with Crippen LogP contribution in [0.3, 0.4) is 0 Å². The minimum absolute atomic E-state index is 0.171. The van der Waals surface area contributed by atoms with Gasteiger partial charge in [-0.3, -0.25) is 4.99 Å². The molecule has 18 heavy (non-hydrogen) atoms. The number of halogens is 1. The standard InChI is InChI=1S/C12H12ClN5/c13-12-16-10(14)9-11(17-12)18(7-15-9)6-8-4-2-1-3-5-8/h1-5,7,9,11H,6H2,(H2,14,16,17)/t9-,11-/m1/s1. The monoisotopic (exact) mass is 261 g/mol. The zero-order valence-electron chi connectivity index (χ0n) is 9.57. The summed E-state index contributed by atoms with van der Waals surface area (Å²) in [4.78, 5) is 14.6. The van der Waals surface area contributed by atoms with E-state index in [1.807, 2.05) is 23.1 Å². The molecule has 0 radical (unpaired) electrons. The lowest BCUT2D eigenvalue weighted by Gasteiger charge is -2.26. The van der Waals surface area contributed by atoms with Gasteiger partial charge in [0.15, 0.2) is 6.17 Å². The summed E-state index contributed by atoms with van der Waals surface area (Å²) in [7, 11) is 0. The number of nitrogens with zero attached hydrogens (tertiary/aromatic N) is 4. The number of hydrogen-bond donors (Lipinski definition) is 1. The van der Waals surface area contributed by atoms with Crippen LogP contribution in [-0.4, -0.2) is 34.6 Å². The Morgan fingerprint density at radius 2 is 2.06 bits per heavy atom. The lowest BCUT2D eigenvalue weighted by Crippen LogP contribution is -2.44. The van der Waals surface area contributed by atoms with E-state index in [1.54, 1.807) is 6.34 Å². The third kappa shape index (κ3) is 1.97. The molecule has 1 aromatic carbocycles. The Kier molecular flexibility index (Phi) is 2.76. The fourth-order valence-corrected chi connectivity index (χ4v) is 2.29.